The van der Waals surface area contributed by atoms with Crippen LogP contribution in [0.25, 0.3) is 10.2 Å². The molecule has 0 radical (unpaired) electrons. The van der Waals surface area contributed by atoms with E-state index in [1.54, 1.807) is 18.4 Å². The Kier molecular flexibility index (Phi) is 3.94. The first-order chi connectivity index (χ1) is 11.8. The van der Waals surface area contributed by atoms with Gasteiger partial charge in [0.25, 0.3) is 5.91 Å². The van der Waals surface area contributed by atoms with E-state index in [0.717, 1.165) is 29.9 Å². The Morgan fingerprint density at radius 3 is 2.83 bits per heavy atom. The molecule has 0 bridgehead atoms. The smallest absolute Gasteiger partial charge is 0.258 e. The van der Waals surface area contributed by atoms with Crippen LogP contribution in [0.2, 0.25) is 0 Å². The van der Waals surface area contributed by atoms with Gasteiger partial charge in [-0.3, -0.25) is 4.79 Å². The van der Waals surface area contributed by atoms with Crippen LogP contribution < -0.4 is 4.74 Å². The van der Waals surface area contributed by atoms with Gasteiger partial charge in [-0.05, 0) is 37.1 Å². The maximum absolute atomic E-state index is 13.0. The minimum Gasteiger partial charge on any atom is -0.496 e. The van der Waals surface area contributed by atoms with Crippen molar-refractivity contribution in [3.63, 3.8) is 0 Å². The molecular formula is C19H18N2O2S. The van der Waals surface area contributed by atoms with Gasteiger partial charge < -0.3 is 9.64 Å². The molecule has 4 rings (SSSR count). The molecular weight excluding hydrogens is 320 g/mol. The van der Waals surface area contributed by atoms with Crippen molar-refractivity contribution < 1.29 is 9.53 Å². The number of benzene rings is 2. The summed E-state index contributed by atoms with van der Waals surface area (Å²) < 4.78 is 6.52. The minimum atomic E-state index is 0.0224. The zero-order valence-electron chi connectivity index (χ0n) is 13.4. The average Bonchev–Trinajstić information content (AvgIpc) is 3.27. The van der Waals surface area contributed by atoms with Crippen molar-refractivity contribution in [1.82, 2.24) is 9.88 Å². The summed E-state index contributed by atoms with van der Waals surface area (Å²) in [5.74, 6) is 0.645. The fourth-order valence-electron chi connectivity index (χ4n) is 3.28. The molecule has 1 aliphatic rings. The number of amides is 1. The molecule has 2 aromatic carbocycles. The van der Waals surface area contributed by atoms with Crippen molar-refractivity contribution in [1.29, 1.82) is 0 Å². The standard InChI is InChI=1S/C19H18N2O2S/c1-23-16-10-4-2-7-13(16)19(22)21-12-6-9-15(21)18-20-14-8-3-5-11-17(14)24-18/h2-5,7-8,10-11,15H,6,9,12H2,1H3. The van der Waals surface area contributed by atoms with Crippen molar-refractivity contribution >= 4 is 27.5 Å². The molecule has 0 saturated carbocycles. The first kappa shape index (κ1) is 15.1. The van der Waals surface area contributed by atoms with Gasteiger partial charge in [0.05, 0.1) is 28.9 Å². The first-order valence-electron chi connectivity index (χ1n) is 8.07. The van der Waals surface area contributed by atoms with Gasteiger partial charge in [-0.2, -0.15) is 0 Å². The lowest BCUT2D eigenvalue weighted by molar-refractivity contribution is 0.0732. The molecule has 1 unspecified atom stereocenters. The summed E-state index contributed by atoms with van der Waals surface area (Å²) in [6.07, 6.45) is 1.96. The summed E-state index contributed by atoms with van der Waals surface area (Å²) in [5, 5.41) is 1.02. The van der Waals surface area contributed by atoms with Crippen molar-refractivity contribution in [2.24, 2.45) is 0 Å². The SMILES string of the molecule is COc1ccccc1C(=O)N1CCCC1c1nc2ccccc2s1. The summed E-state index contributed by atoms with van der Waals surface area (Å²) in [7, 11) is 1.60. The average molecular weight is 338 g/mol. The topological polar surface area (TPSA) is 42.4 Å². The zero-order chi connectivity index (χ0) is 16.5. The third kappa shape index (κ3) is 2.55. The Bertz CT molecular complexity index is 857. The second-order valence-electron chi connectivity index (χ2n) is 5.88. The lowest BCUT2D eigenvalue weighted by Crippen LogP contribution is -2.30. The van der Waals surface area contributed by atoms with E-state index in [-0.39, 0.29) is 11.9 Å². The summed E-state index contributed by atoms with van der Waals surface area (Å²) >= 11 is 1.68. The largest absolute Gasteiger partial charge is 0.496 e. The highest BCUT2D eigenvalue weighted by Crippen LogP contribution is 2.38. The van der Waals surface area contributed by atoms with Gasteiger partial charge >= 0.3 is 0 Å². The Balaban J connectivity index is 1.68. The van der Waals surface area contributed by atoms with E-state index in [1.807, 2.05) is 47.4 Å². The number of rotatable bonds is 3. The van der Waals surface area contributed by atoms with Gasteiger partial charge in [-0.15, -0.1) is 11.3 Å². The van der Waals surface area contributed by atoms with Gasteiger partial charge in [-0.1, -0.05) is 24.3 Å². The van der Waals surface area contributed by atoms with Crippen molar-refractivity contribution in [2.45, 2.75) is 18.9 Å². The van der Waals surface area contributed by atoms with E-state index in [4.69, 9.17) is 9.72 Å². The van der Waals surface area contributed by atoms with Crippen LogP contribution in [0.15, 0.2) is 48.5 Å². The second kappa shape index (κ2) is 6.24. The Morgan fingerprint density at radius 2 is 2.00 bits per heavy atom. The van der Waals surface area contributed by atoms with E-state index in [2.05, 4.69) is 6.07 Å². The summed E-state index contributed by atoms with van der Waals surface area (Å²) in [5.41, 5.74) is 1.63. The fourth-order valence-corrected chi connectivity index (χ4v) is 4.39. The first-order valence-corrected chi connectivity index (χ1v) is 8.89. The molecule has 5 heteroatoms. The monoisotopic (exact) mass is 338 g/mol. The van der Waals surface area contributed by atoms with Crippen LogP contribution in [-0.4, -0.2) is 29.4 Å². The Hall–Kier alpha value is -2.40. The molecule has 1 saturated heterocycles. The fraction of sp³-hybridized carbons (Fsp3) is 0.263. The molecule has 24 heavy (non-hydrogen) atoms. The van der Waals surface area contributed by atoms with Crippen LogP contribution >= 0.6 is 11.3 Å². The molecule has 1 aromatic heterocycles. The molecule has 2 heterocycles. The second-order valence-corrected chi connectivity index (χ2v) is 6.94. The van der Waals surface area contributed by atoms with Crippen LogP contribution in [0, 0.1) is 0 Å². The summed E-state index contributed by atoms with van der Waals surface area (Å²) in [6, 6.07) is 15.6. The number of carbonyl (C=O) groups excluding carboxylic acids is 1. The third-order valence-electron chi connectivity index (χ3n) is 4.45. The molecule has 0 aliphatic carbocycles. The van der Waals surface area contributed by atoms with Gasteiger partial charge in [0.15, 0.2) is 0 Å². The number of carbonyl (C=O) groups is 1. The maximum atomic E-state index is 13.0. The van der Waals surface area contributed by atoms with Crippen molar-refractivity contribution in [2.75, 3.05) is 13.7 Å². The number of aromatic nitrogens is 1. The molecule has 3 aromatic rings. The number of nitrogens with zero attached hydrogens (tertiary/aromatic N) is 2. The molecule has 1 amide bonds. The van der Waals surface area contributed by atoms with E-state index < -0.39 is 0 Å². The predicted octanol–water partition coefficient (Wildman–Crippen LogP) is 4.28. The number of fused-ring (bicyclic) bond motifs is 1. The van der Waals surface area contributed by atoms with Crippen LogP contribution in [0.4, 0.5) is 0 Å². The highest BCUT2D eigenvalue weighted by molar-refractivity contribution is 7.18. The number of para-hydroxylation sites is 2. The van der Waals surface area contributed by atoms with Gasteiger partial charge in [0.2, 0.25) is 0 Å². The van der Waals surface area contributed by atoms with E-state index in [9.17, 15) is 4.79 Å². The molecule has 4 nitrogen and oxygen atoms in total. The lowest BCUT2D eigenvalue weighted by atomic mass is 10.1. The summed E-state index contributed by atoms with van der Waals surface area (Å²) in [4.78, 5) is 19.7. The number of ether oxygens (including phenoxy) is 1. The van der Waals surface area contributed by atoms with Gasteiger partial charge in [0.1, 0.15) is 10.8 Å². The van der Waals surface area contributed by atoms with Crippen LogP contribution in [-0.2, 0) is 0 Å². The maximum Gasteiger partial charge on any atom is 0.258 e. The molecule has 0 N–H and O–H groups in total. The normalized spacial score (nSPS) is 17.4. The van der Waals surface area contributed by atoms with E-state index >= 15 is 0 Å². The van der Waals surface area contributed by atoms with Crippen molar-refractivity contribution in [3.8, 4) is 5.75 Å². The molecule has 1 atom stereocenters. The molecule has 0 spiro atoms. The van der Waals surface area contributed by atoms with E-state index in [0.29, 0.717) is 11.3 Å². The minimum absolute atomic E-state index is 0.0224. The lowest BCUT2D eigenvalue weighted by Gasteiger charge is -2.24. The summed E-state index contributed by atoms with van der Waals surface area (Å²) in [6.45, 7) is 0.761. The number of thiazole rings is 1. The van der Waals surface area contributed by atoms with Crippen LogP contribution in [0.3, 0.4) is 0 Å². The Morgan fingerprint density at radius 1 is 1.21 bits per heavy atom. The van der Waals surface area contributed by atoms with E-state index in [1.165, 1.54) is 4.70 Å². The number of methoxy groups -OCH3 is 1. The predicted molar refractivity (Wildman–Crippen MR) is 95.6 cm³/mol. The third-order valence-corrected chi connectivity index (χ3v) is 5.58. The van der Waals surface area contributed by atoms with Crippen LogP contribution in [0.1, 0.15) is 34.2 Å². The van der Waals surface area contributed by atoms with Gasteiger partial charge in [0, 0.05) is 6.54 Å². The van der Waals surface area contributed by atoms with Crippen molar-refractivity contribution in [3.05, 3.63) is 59.1 Å². The molecule has 122 valence electrons. The number of likely N-dealkylation sites (tertiary alicyclic amines) is 1. The van der Waals surface area contributed by atoms with Gasteiger partial charge in [-0.25, -0.2) is 4.98 Å². The quantitative estimate of drug-likeness (QED) is 0.716. The molecule has 1 fully saturated rings. The number of hydrogen-bond acceptors (Lipinski definition) is 4. The highest BCUT2D eigenvalue weighted by atomic mass is 32.1. The zero-order valence-corrected chi connectivity index (χ0v) is 14.3. The van der Waals surface area contributed by atoms with Crippen LogP contribution in [0.5, 0.6) is 5.75 Å². The Labute approximate surface area is 144 Å². The number of hydrogen-bond donors (Lipinski definition) is 0. The molecule has 1 aliphatic heterocycles. The highest BCUT2D eigenvalue weighted by Gasteiger charge is 2.33.